The standard InChI is InChI=1S/C37H38N2O6.C2HF3O2/c1-4-24-10-6-8-12-29(24)35(28-11-7-5-9-23(28)2)38-33(40)21-39-20-30(26-15-18-31-32(19-26)45-22-44-31)34(37(41)42)36(39)25-13-16-27(43-3)17-14-25;3-2(4,5)1(6)7/h5-19,30,34-36H,4,20-22H2,1-3H3,(H,38,40)(H,41,42);(H,6,7)/t30-,34-,35?,36+;/m1./s1. The monoisotopic (exact) mass is 720 g/mol. The van der Waals surface area contributed by atoms with Crippen molar-refractivity contribution in [3.8, 4) is 17.2 Å². The van der Waals surface area contributed by atoms with Crippen LogP contribution in [0.5, 0.6) is 17.2 Å². The number of benzene rings is 4. The highest BCUT2D eigenvalue weighted by Gasteiger charge is 2.48. The second-order valence-electron chi connectivity index (χ2n) is 12.4. The Labute approximate surface area is 298 Å². The van der Waals surface area contributed by atoms with Gasteiger partial charge in [0.15, 0.2) is 11.5 Å². The Hall–Kier alpha value is -5.56. The van der Waals surface area contributed by atoms with E-state index in [1.54, 1.807) is 7.11 Å². The van der Waals surface area contributed by atoms with Crippen LogP contribution in [0.4, 0.5) is 13.2 Å². The third-order valence-corrected chi connectivity index (χ3v) is 9.31. The van der Waals surface area contributed by atoms with Crippen LogP contribution in [0.25, 0.3) is 0 Å². The van der Waals surface area contributed by atoms with Gasteiger partial charge in [-0.25, -0.2) is 4.79 Å². The number of amides is 1. The van der Waals surface area contributed by atoms with Crippen LogP contribution < -0.4 is 19.5 Å². The number of likely N-dealkylation sites (tertiary alicyclic amines) is 1. The van der Waals surface area contributed by atoms with Gasteiger partial charge in [0.1, 0.15) is 5.75 Å². The summed E-state index contributed by atoms with van der Waals surface area (Å²) in [4.78, 5) is 38.0. The second-order valence-corrected chi connectivity index (χ2v) is 12.4. The molecule has 1 amide bonds. The number of ether oxygens (including phenoxy) is 3. The van der Waals surface area contributed by atoms with E-state index in [9.17, 15) is 27.9 Å². The smallest absolute Gasteiger partial charge is 0.490 e. The molecular formula is C39H39F3N2O8. The lowest BCUT2D eigenvalue weighted by atomic mass is 9.82. The summed E-state index contributed by atoms with van der Waals surface area (Å²) in [5.41, 5.74) is 5.98. The lowest BCUT2D eigenvalue weighted by molar-refractivity contribution is -0.192. The van der Waals surface area contributed by atoms with E-state index in [2.05, 4.69) is 43.4 Å². The molecule has 1 saturated heterocycles. The van der Waals surface area contributed by atoms with E-state index < -0.39 is 30.1 Å². The number of hydrogen-bond acceptors (Lipinski definition) is 7. The molecule has 2 heterocycles. The first kappa shape index (κ1) is 37.7. The van der Waals surface area contributed by atoms with Crippen molar-refractivity contribution < 1.29 is 52.0 Å². The highest BCUT2D eigenvalue weighted by atomic mass is 19.4. The van der Waals surface area contributed by atoms with E-state index in [0.717, 1.165) is 39.8 Å². The van der Waals surface area contributed by atoms with Crippen LogP contribution in [-0.2, 0) is 20.8 Å². The van der Waals surface area contributed by atoms with E-state index in [1.165, 1.54) is 0 Å². The zero-order valence-electron chi connectivity index (χ0n) is 28.7. The molecule has 1 fully saturated rings. The zero-order valence-corrected chi connectivity index (χ0v) is 28.7. The van der Waals surface area contributed by atoms with E-state index in [0.29, 0.717) is 23.8 Å². The van der Waals surface area contributed by atoms with Crippen molar-refractivity contribution in [2.75, 3.05) is 27.0 Å². The molecule has 4 aromatic carbocycles. The molecular weight excluding hydrogens is 681 g/mol. The van der Waals surface area contributed by atoms with Crippen molar-refractivity contribution in [1.29, 1.82) is 0 Å². The summed E-state index contributed by atoms with van der Waals surface area (Å²) in [7, 11) is 1.60. The Morgan fingerprint density at radius 1 is 0.904 bits per heavy atom. The molecule has 0 spiro atoms. The fourth-order valence-corrected chi connectivity index (χ4v) is 6.84. The molecule has 0 radical (unpaired) electrons. The second kappa shape index (κ2) is 16.2. The summed E-state index contributed by atoms with van der Waals surface area (Å²) in [5, 5.41) is 21.1. The number of halogens is 3. The number of carboxylic acids is 2. The van der Waals surface area contributed by atoms with Gasteiger partial charge < -0.3 is 29.7 Å². The molecule has 13 heteroatoms. The zero-order chi connectivity index (χ0) is 37.6. The average Bonchev–Trinajstić information content (AvgIpc) is 3.75. The Morgan fingerprint density at radius 2 is 1.52 bits per heavy atom. The van der Waals surface area contributed by atoms with E-state index in [-0.39, 0.29) is 31.2 Å². The SMILES string of the molecule is CCc1ccccc1C(NC(=O)CN1C[C@H](c2ccc3c(c2)OCO3)[C@@H](C(=O)O)[C@@H]1c1ccc(OC)cc1)c1ccccc1C.O=C(O)C(F)(F)F. The number of fused-ring (bicyclic) bond motifs is 1. The Bertz CT molecular complexity index is 1900. The molecule has 2 aliphatic rings. The summed E-state index contributed by atoms with van der Waals surface area (Å²) >= 11 is 0. The molecule has 10 nitrogen and oxygen atoms in total. The van der Waals surface area contributed by atoms with E-state index in [1.807, 2.05) is 71.6 Å². The Kier molecular flexibility index (Phi) is 11.7. The molecule has 6 rings (SSSR count). The van der Waals surface area contributed by atoms with Crippen LogP contribution >= 0.6 is 0 Å². The number of hydrogen-bond donors (Lipinski definition) is 3. The number of carboxylic acid groups (broad SMARTS) is 2. The number of carbonyl (C=O) groups is 3. The molecule has 0 saturated carbocycles. The van der Waals surface area contributed by atoms with Gasteiger partial charge in [0, 0.05) is 18.5 Å². The predicted octanol–water partition coefficient (Wildman–Crippen LogP) is 6.68. The van der Waals surface area contributed by atoms with Crippen molar-refractivity contribution >= 4 is 17.8 Å². The van der Waals surface area contributed by atoms with Gasteiger partial charge in [0.25, 0.3) is 0 Å². The number of nitrogens with zero attached hydrogens (tertiary/aromatic N) is 1. The maximum Gasteiger partial charge on any atom is 0.490 e. The normalized spacial score (nSPS) is 18.5. The minimum absolute atomic E-state index is 0.0260. The van der Waals surface area contributed by atoms with Crippen molar-refractivity contribution in [3.05, 3.63) is 124 Å². The first-order valence-corrected chi connectivity index (χ1v) is 16.6. The summed E-state index contributed by atoms with van der Waals surface area (Å²) in [6.45, 7) is 4.70. The number of alkyl halides is 3. The lowest BCUT2D eigenvalue weighted by Gasteiger charge is -2.29. The number of nitrogens with one attached hydrogen (secondary N) is 1. The third-order valence-electron chi connectivity index (χ3n) is 9.31. The van der Waals surface area contributed by atoms with Gasteiger partial charge in [-0.15, -0.1) is 0 Å². The number of aryl methyl sites for hydroxylation is 2. The van der Waals surface area contributed by atoms with Crippen LogP contribution in [0.2, 0.25) is 0 Å². The molecule has 1 unspecified atom stereocenters. The average molecular weight is 721 g/mol. The Balaban J connectivity index is 0.000000679. The first-order chi connectivity index (χ1) is 24.8. The topological polar surface area (TPSA) is 135 Å². The fourth-order valence-electron chi connectivity index (χ4n) is 6.84. The third kappa shape index (κ3) is 8.48. The summed E-state index contributed by atoms with van der Waals surface area (Å²) in [6.07, 6.45) is -4.25. The van der Waals surface area contributed by atoms with Gasteiger partial charge in [0.05, 0.1) is 25.6 Å². The van der Waals surface area contributed by atoms with Crippen LogP contribution in [0.15, 0.2) is 91.0 Å². The number of rotatable bonds is 10. The van der Waals surface area contributed by atoms with Crippen LogP contribution in [-0.4, -0.2) is 66.1 Å². The van der Waals surface area contributed by atoms with E-state index in [4.69, 9.17) is 24.1 Å². The fraction of sp³-hybridized carbons (Fsp3) is 0.308. The van der Waals surface area contributed by atoms with Crippen molar-refractivity contribution in [3.63, 3.8) is 0 Å². The van der Waals surface area contributed by atoms with Gasteiger partial charge >= 0.3 is 18.1 Å². The van der Waals surface area contributed by atoms with Gasteiger partial charge in [-0.05, 0) is 71.0 Å². The molecule has 274 valence electrons. The molecule has 0 aromatic heterocycles. The van der Waals surface area contributed by atoms with Crippen molar-refractivity contribution in [2.45, 2.75) is 44.4 Å². The number of aliphatic carboxylic acids is 2. The molecule has 2 aliphatic heterocycles. The molecule has 4 atom stereocenters. The first-order valence-electron chi connectivity index (χ1n) is 16.6. The van der Waals surface area contributed by atoms with Gasteiger partial charge in [-0.2, -0.15) is 13.2 Å². The molecule has 52 heavy (non-hydrogen) atoms. The minimum Gasteiger partial charge on any atom is -0.497 e. The highest BCUT2D eigenvalue weighted by molar-refractivity contribution is 5.80. The lowest BCUT2D eigenvalue weighted by Crippen LogP contribution is -2.40. The largest absolute Gasteiger partial charge is 0.497 e. The summed E-state index contributed by atoms with van der Waals surface area (Å²) < 4.78 is 48.2. The van der Waals surface area contributed by atoms with Crippen molar-refractivity contribution in [2.24, 2.45) is 5.92 Å². The van der Waals surface area contributed by atoms with Gasteiger partial charge in [-0.1, -0.05) is 73.7 Å². The van der Waals surface area contributed by atoms with Gasteiger partial charge in [0.2, 0.25) is 12.7 Å². The quantitative estimate of drug-likeness (QED) is 0.164. The molecule has 0 bridgehead atoms. The maximum atomic E-state index is 14.1. The summed E-state index contributed by atoms with van der Waals surface area (Å²) in [5.74, 6) is -3.13. The molecule has 3 N–H and O–H groups in total. The van der Waals surface area contributed by atoms with Gasteiger partial charge in [-0.3, -0.25) is 14.5 Å². The molecule has 0 aliphatic carbocycles. The maximum absolute atomic E-state index is 14.1. The predicted molar refractivity (Wildman–Crippen MR) is 184 cm³/mol. The minimum atomic E-state index is -5.08. The van der Waals surface area contributed by atoms with Crippen LogP contribution in [0.3, 0.4) is 0 Å². The Morgan fingerprint density at radius 3 is 2.13 bits per heavy atom. The van der Waals surface area contributed by atoms with E-state index >= 15 is 0 Å². The number of carbonyl (C=O) groups excluding carboxylic acids is 1. The van der Waals surface area contributed by atoms with Crippen LogP contribution in [0, 0.1) is 12.8 Å². The summed E-state index contributed by atoms with van der Waals surface area (Å²) in [6, 6.07) is 28.4. The van der Waals surface area contributed by atoms with Crippen molar-refractivity contribution in [1.82, 2.24) is 10.2 Å². The highest BCUT2D eigenvalue weighted by Crippen LogP contribution is 2.48. The molecule has 4 aromatic rings. The number of methoxy groups -OCH3 is 1. The van der Waals surface area contributed by atoms with Crippen LogP contribution in [0.1, 0.15) is 58.3 Å².